The van der Waals surface area contributed by atoms with E-state index in [-0.39, 0.29) is 29.0 Å². The lowest BCUT2D eigenvalue weighted by atomic mass is 10.1. The van der Waals surface area contributed by atoms with Gasteiger partial charge in [0.05, 0.1) is 30.4 Å². The summed E-state index contributed by atoms with van der Waals surface area (Å²) in [5, 5.41) is 37.8. The lowest BCUT2D eigenvalue weighted by molar-refractivity contribution is -0.0511. The van der Waals surface area contributed by atoms with Crippen molar-refractivity contribution in [2.45, 2.75) is 63.2 Å². The van der Waals surface area contributed by atoms with Gasteiger partial charge in [-0.15, -0.1) is 0 Å². The van der Waals surface area contributed by atoms with Crippen LogP contribution in [0, 0.1) is 0 Å². The standard InChI is InChI=1S/C21H28N8O7S/c1-2-37(34,35)27-19(33)11-7-23-29(8-11)21-25-17(24-12-5-3-4-6-12)14-18(26-21)28(10-22-14)20-16(32)15(31)13(9-30)36-20/h7-8,10,12-13,15-16,20,30-32H,2-6,9H2,1H3,(H,27,33)(H,24,25,26)/t13-,15-,16-,20-/m1/s1. The number of amides is 1. The van der Waals surface area contributed by atoms with E-state index in [2.05, 4.69) is 25.4 Å². The SMILES string of the molecule is CCS(=O)(=O)NC(=O)c1cnn(-c2nc(NC3CCCC3)c3ncn([C@@H]4O[C@H](CO)[C@@H](O)[C@H]4O)c3n2)c1. The van der Waals surface area contributed by atoms with Crippen molar-refractivity contribution in [3.8, 4) is 5.95 Å². The molecule has 4 atom stereocenters. The van der Waals surface area contributed by atoms with Gasteiger partial charge < -0.3 is 25.4 Å². The molecule has 5 rings (SSSR count). The molecule has 1 saturated heterocycles. The fraction of sp³-hybridized carbons (Fsp3) is 0.571. The second-order valence-electron chi connectivity index (χ2n) is 9.06. The van der Waals surface area contributed by atoms with Crippen molar-refractivity contribution in [3.63, 3.8) is 0 Å². The van der Waals surface area contributed by atoms with Crippen LogP contribution in [0.15, 0.2) is 18.7 Å². The van der Waals surface area contributed by atoms with Gasteiger partial charge in [0.25, 0.3) is 11.9 Å². The molecule has 2 fully saturated rings. The Balaban J connectivity index is 1.55. The van der Waals surface area contributed by atoms with E-state index < -0.39 is 47.1 Å². The van der Waals surface area contributed by atoms with Crippen LogP contribution in [-0.4, -0.2) is 95.7 Å². The Morgan fingerprint density at radius 3 is 2.65 bits per heavy atom. The molecule has 3 aromatic rings. The lowest BCUT2D eigenvalue weighted by Gasteiger charge is -2.18. The number of imidazole rings is 1. The number of hydrogen-bond donors (Lipinski definition) is 5. The van der Waals surface area contributed by atoms with Crippen molar-refractivity contribution in [1.29, 1.82) is 0 Å². The van der Waals surface area contributed by atoms with Crippen molar-refractivity contribution >= 4 is 32.9 Å². The van der Waals surface area contributed by atoms with Crippen molar-refractivity contribution in [3.05, 3.63) is 24.3 Å². The van der Waals surface area contributed by atoms with E-state index in [0.717, 1.165) is 25.7 Å². The predicted octanol–water partition coefficient (Wildman–Crippen LogP) is -0.942. The number of fused-ring (bicyclic) bond motifs is 1. The molecule has 0 spiro atoms. The summed E-state index contributed by atoms with van der Waals surface area (Å²) >= 11 is 0. The van der Waals surface area contributed by atoms with Crippen LogP contribution >= 0.6 is 0 Å². The minimum atomic E-state index is -3.76. The van der Waals surface area contributed by atoms with Crippen LogP contribution in [0.5, 0.6) is 0 Å². The smallest absolute Gasteiger partial charge is 0.267 e. The summed E-state index contributed by atoms with van der Waals surface area (Å²) in [5.41, 5.74) is 0.644. The third-order valence-electron chi connectivity index (χ3n) is 6.57. The highest BCUT2D eigenvalue weighted by molar-refractivity contribution is 7.90. The zero-order valence-electron chi connectivity index (χ0n) is 19.9. The average molecular weight is 537 g/mol. The van der Waals surface area contributed by atoms with Crippen LogP contribution in [0.3, 0.4) is 0 Å². The van der Waals surface area contributed by atoms with Crippen LogP contribution < -0.4 is 10.0 Å². The molecule has 1 saturated carbocycles. The number of sulfonamides is 1. The van der Waals surface area contributed by atoms with E-state index in [1.165, 1.54) is 34.9 Å². The van der Waals surface area contributed by atoms with Crippen LogP contribution in [-0.2, 0) is 14.8 Å². The molecule has 37 heavy (non-hydrogen) atoms. The summed E-state index contributed by atoms with van der Waals surface area (Å²) in [4.78, 5) is 25.9. The molecule has 1 aliphatic carbocycles. The first-order valence-electron chi connectivity index (χ1n) is 11.9. The molecule has 4 heterocycles. The molecule has 15 nitrogen and oxygen atoms in total. The molecule has 1 aliphatic heterocycles. The van der Waals surface area contributed by atoms with Gasteiger partial charge in [0.2, 0.25) is 10.0 Å². The van der Waals surface area contributed by atoms with Gasteiger partial charge in [-0.25, -0.2) is 22.8 Å². The summed E-state index contributed by atoms with van der Waals surface area (Å²) in [6.07, 6.45) is 3.25. The molecule has 5 N–H and O–H groups in total. The highest BCUT2D eigenvalue weighted by Crippen LogP contribution is 2.33. The predicted molar refractivity (Wildman–Crippen MR) is 128 cm³/mol. The first-order chi connectivity index (χ1) is 17.7. The van der Waals surface area contributed by atoms with Crippen LogP contribution in [0.25, 0.3) is 17.1 Å². The number of rotatable bonds is 8. The van der Waals surface area contributed by atoms with Gasteiger partial charge in [-0.3, -0.25) is 9.36 Å². The Hall–Kier alpha value is -3.18. The number of ether oxygens (including phenoxy) is 1. The summed E-state index contributed by atoms with van der Waals surface area (Å²) in [6, 6.07) is 0.170. The molecule has 2 aliphatic rings. The van der Waals surface area contributed by atoms with Crippen molar-refractivity contribution in [2.75, 3.05) is 17.7 Å². The number of aromatic nitrogens is 6. The molecule has 0 radical (unpaired) electrons. The minimum absolute atomic E-state index is 0.0111. The summed E-state index contributed by atoms with van der Waals surface area (Å²) < 4.78 is 33.8. The summed E-state index contributed by atoms with van der Waals surface area (Å²) in [6.45, 7) is 0.929. The minimum Gasteiger partial charge on any atom is -0.394 e. The fourth-order valence-corrected chi connectivity index (χ4v) is 5.03. The van der Waals surface area contributed by atoms with E-state index in [9.17, 15) is 28.5 Å². The Morgan fingerprint density at radius 2 is 1.97 bits per heavy atom. The van der Waals surface area contributed by atoms with Crippen molar-refractivity contribution in [1.82, 2.24) is 34.0 Å². The number of carbonyl (C=O) groups excluding carboxylic acids is 1. The van der Waals surface area contributed by atoms with Gasteiger partial charge in [0.15, 0.2) is 23.2 Å². The summed E-state index contributed by atoms with van der Waals surface area (Å²) in [5.74, 6) is -0.630. The average Bonchev–Trinajstić information content (AvgIpc) is 3.67. The van der Waals surface area contributed by atoms with Gasteiger partial charge >= 0.3 is 0 Å². The molecular weight excluding hydrogens is 508 g/mol. The Labute approximate surface area is 211 Å². The van der Waals surface area contributed by atoms with Crippen molar-refractivity contribution in [2.24, 2.45) is 0 Å². The molecule has 3 aromatic heterocycles. The van der Waals surface area contributed by atoms with Crippen LogP contribution in [0.2, 0.25) is 0 Å². The number of aliphatic hydroxyl groups is 3. The normalized spacial score (nSPS) is 24.6. The van der Waals surface area contributed by atoms with E-state index in [1.807, 2.05) is 4.72 Å². The number of carbonyl (C=O) groups is 1. The monoisotopic (exact) mass is 536 g/mol. The molecule has 0 aromatic carbocycles. The van der Waals surface area contributed by atoms with Gasteiger partial charge in [0, 0.05) is 12.2 Å². The highest BCUT2D eigenvalue weighted by Gasteiger charge is 2.44. The van der Waals surface area contributed by atoms with E-state index in [1.54, 1.807) is 0 Å². The van der Waals surface area contributed by atoms with Gasteiger partial charge in [-0.05, 0) is 19.8 Å². The highest BCUT2D eigenvalue weighted by atomic mass is 32.2. The summed E-state index contributed by atoms with van der Waals surface area (Å²) in [7, 11) is -3.76. The quantitative estimate of drug-likeness (QED) is 0.236. The molecule has 200 valence electrons. The third kappa shape index (κ3) is 4.89. The molecule has 0 bridgehead atoms. The van der Waals surface area contributed by atoms with Gasteiger partial charge in [-0.1, -0.05) is 12.8 Å². The first kappa shape index (κ1) is 25.5. The van der Waals surface area contributed by atoms with Crippen molar-refractivity contribution < 1.29 is 33.3 Å². The Kier molecular flexibility index (Phi) is 6.84. The maximum Gasteiger partial charge on any atom is 0.267 e. The third-order valence-corrected chi connectivity index (χ3v) is 7.83. The Morgan fingerprint density at radius 1 is 1.22 bits per heavy atom. The molecular formula is C21H28N8O7S. The number of nitrogens with one attached hydrogen (secondary N) is 2. The van der Waals surface area contributed by atoms with Crippen LogP contribution in [0.1, 0.15) is 49.2 Å². The maximum atomic E-state index is 12.4. The second kappa shape index (κ2) is 9.94. The van der Waals surface area contributed by atoms with Crippen LogP contribution in [0.4, 0.5) is 5.82 Å². The lowest BCUT2D eigenvalue weighted by Crippen LogP contribution is -2.33. The molecule has 16 heteroatoms. The van der Waals surface area contributed by atoms with Gasteiger partial charge in [-0.2, -0.15) is 15.1 Å². The second-order valence-corrected chi connectivity index (χ2v) is 11.1. The van der Waals surface area contributed by atoms with E-state index >= 15 is 0 Å². The number of hydrogen-bond acceptors (Lipinski definition) is 12. The van der Waals surface area contributed by atoms with Gasteiger partial charge in [0.1, 0.15) is 18.3 Å². The zero-order chi connectivity index (χ0) is 26.3. The first-order valence-corrected chi connectivity index (χ1v) is 13.6. The fourth-order valence-electron chi connectivity index (χ4n) is 4.49. The molecule has 0 unspecified atom stereocenters. The number of nitrogens with zero attached hydrogens (tertiary/aromatic N) is 6. The topological polar surface area (TPSA) is 207 Å². The molecule has 1 amide bonds. The zero-order valence-corrected chi connectivity index (χ0v) is 20.7. The Bertz CT molecular complexity index is 1400. The largest absolute Gasteiger partial charge is 0.394 e. The number of aliphatic hydroxyl groups excluding tert-OH is 3. The van der Waals surface area contributed by atoms with E-state index in [0.29, 0.717) is 11.3 Å². The number of anilines is 1. The van der Waals surface area contributed by atoms with E-state index in [4.69, 9.17) is 4.74 Å². The maximum absolute atomic E-state index is 12.4.